The van der Waals surface area contributed by atoms with Crippen molar-refractivity contribution in [3.05, 3.63) is 23.4 Å². The lowest BCUT2D eigenvalue weighted by molar-refractivity contribution is 0.318. The Kier molecular flexibility index (Phi) is 3.96. The second-order valence-electron chi connectivity index (χ2n) is 4.46. The van der Waals surface area contributed by atoms with E-state index in [1.807, 2.05) is 30.8 Å². The zero-order valence-electron chi connectivity index (χ0n) is 10.6. The molecular weight excluding hydrogens is 248 g/mol. The summed E-state index contributed by atoms with van der Waals surface area (Å²) in [6.07, 6.45) is 0. The average Bonchev–Trinajstić information content (AvgIpc) is 2.37. The van der Waals surface area contributed by atoms with Crippen LogP contribution >= 0.6 is 11.8 Å². The number of nitrogens with zero attached hydrogens (tertiary/aromatic N) is 3. The van der Waals surface area contributed by atoms with Gasteiger partial charge in [0.2, 0.25) is 0 Å². The van der Waals surface area contributed by atoms with E-state index in [1.165, 1.54) is 0 Å². The van der Waals surface area contributed by atoms with Crippen LogP contribution in [-0.4, -0.2) is 40.1 Å². The van der Waals surface area contributed by atoms with Crippen molar-refractivity contribution < 1.29 is 5.21 Å². The van der Waals surface area contributed by atoms with Crippen molar-refractivity contribution >= 4 is 23.4 Å². The van der Waals surface area contributed by atoms with E-state index >= 15 is 0 Å². The van der Waals surface area contributed by atoms with E-state index in [4.69, 9.17) is 10.9 Å². The third-order valence-corrected chi connectivity index (χ3v) is 4.19. The van der Waals surface area contributed by atoms with E-state index in [0.29, 0.717) is 11.6 Å². The van der Waals surface area contributed by atoms with Crippen molar-refractivity contribution in [1.29, 1.82) is 0 Å². The largest absolute Gasteiger partial charge is 0.409 e. The summed E-state index contributed by atoms with van der Waals surface area (Å²) in [5.41, 5.74) is 7.23. The van der Waals surface area contributed by atoms with Crippen LogP contribution in [0.2, 0.25) is 0 Å². The highest BCUT2D eigenvalue weighted by atomic mass is 32.2. The predicted octanol–water partition coefficient (Wildman–Crippen LogP) is 1.43. The van der Waals surface area contributed by atoms with E-state index in [0.717, 1.165) is 29.6 Å². The van der Waals surface area contributed by atoms with E-state index in [-0.39, 0.29) is 5.84 Å². The summed E-state index contributed by atoms with van der Waals surface area (Å²) in [5.74, 6) is 3.25. The van der Waals surface area contributed by atoms with Crippen LogP contribution in [0.1, 0.15) is 18.2 Å². The molecule has 2 rings (SSSR count). The second kappa shape index (κ2) is 5.48. The summed E-state index contributed by atoms with van der Waals surface area (Å²) < 4.78 is 0. The minimum absolute atomic E-state index is 0.126. The zero-order valence-corrected chi connectivity index (χ0v) is 11.4. The molecule has 2 heterocycles. The number of hydrogen-bond donors (Lipinski definition) is 2. The Morgan fingerprint density at radius 1 is 1.61 bits per heavy atom. The Balaban J connectivity index is 2.35. The summed E-state index contributed by atoms with van der Waals surface area (Å²) in [5, 5.41) is 11.8. The smallest absolute Gasteiger partial charge is 0.170 e. The van der Waals surface area contributed by atoms with Crippen LogP contribution in [0.3, 0.4) is 0 Å². The van der Waals surface area contributed by atoms with Gasteiger partial charge in [0.25, 0.3) is 0 Å². The highest BCUT2D eigenvalue weighted by Gasteiger charge is 2.20. The molecule has 0 saturated carbocycles. The maximum Gasteiger partial charge on any atom is 0.170 e. The number of pyridine rings is 1. The number of anilines is 1. The van der Waals surface area contributed by atoms with Gasteiger partial charge in [-0.05, 0) is 26.0 Å². The van der Waals surface area contributed by atoms with Gasteiger partial charge in [-0.25, -0.2) is 4.98 Å². The highest BCUT2D eigenvalue weighted by molar-refractivity contribution is 7.99. The van der Waals surface area contributed by atoms with Crippen molar-refractivity contribution in [1.82, 2.24) is 4.98 Å². The molecule has 0 radical (unpaired) electrons. The van der Waals surface area contributed by atoms with Gasteiger partial charge in [-0.15, -0.1) is 0 Å². The fraction of sp³-hybridized carbons (Fsp3) is 0.500. The first kappa shape index (κ1) is 13.0. The quantitative estimate of drug-likeness (QED) is 0.366. The summed E-state index contributed by atoms with van der Waals surface area (Å²) in [4.78, 5) is 6.82. The molecule has 3 N–H and O–H groups in total. The van der Waals surface area contributed by atoms with Crippen molar-refractivity contribution in [2.45, 2.75) is 19.9 Å². The molecule has 1 atom stereocenters. The molecule has 6 heteroatoms. The molecule has 18 heavy (non-hydrogen) atoms. The van der Waals surface area contributed by atoms with Crippen molar-refractivity contribution in [2.75, 3.05) is 23.0 Å². The average molecular weight is 266 g/mol. The molecule has 0 spiro atoms. The van der Waals surface area contributed by atoms with Gasteiger partial charge in [-0.3, -0.25) is 0 Å². The maximum atomic E-state index is 8.76. The SMILES string of the molecule is Cc1cc(/C(N)=N/O)cc(N2CCSCC2C)n1. The van der Waals surface area contributed by atoms with Gasteiger partial charge in [0.15, 0.2) is 5.84 Å². The third-order valence-electron chi connectivity index (χ3n) is 3.01. The number of hydrogen-bond acceptors (Lipinski definition) is 5. The Labute approximate surface area is 111 Å². The molecule has 0 amide bonds. The van der Waals surface area contributed by atoms with Gasteiger partial charge in [-0.1, -0.05) is 5.16 Å². The number of nitrogens with two attached hydrogens (primary N) is 1. The van der Waals surface area contributed by atoms with E-state index in [1.54, 1.807) is 0 Å². The Hall–Kier alpha value is -1.43. The third kappa shape index (κ3) is 2.69. The highest BCUT2D eigenvalue weighted by Crippen LogP contribution is 2.23. The van der Waals surface area contributed by atoms with Crippen molar-refractivity contribution in [3.8, 4) is 0 Å². The molecular formula is C12H18N4OS. The molecule has 1 fully saturated rings. The monoisotopic (exact) mass is 266 g/mol. The fourth-order valence-corrected chi connectivity index (χ4v) is 3.08. The second-order valence-corrected chi connectivity index (χ2v) is 5.61. The minimum atomic E-state index is 0.126. The van der Waals surface area contributed by atoms with E-state index in [2.05, 4.69) is 22.0 Å². The van der Waals surface area contributed by atoms with Crippen LogP contribution in [0.15, 0.2) is 17.3 Å². The van der Waals surface area contributed by atoms with Crippen molar-refractivity contribution in [3.63, 3.8) is 0 Å². The summed E-state index contributed by atoms with van der Waals surface area (Å²) in [7, 11) is 0. The first-order valence-corrected chi connectivity index (χ1v) is 7.08. The zero-order chi connectivity index (χ0) is 13.1. The van der Waals surface area contributed by atoms with Crippen LogP contribution in [0.4, 0.5) is 5.82 Å². The molecule has 1 unspecified atom stereocenters. The lowest BCUT2D eigenvalue weighted by Crippen LogP contribution is -2.41. The fourth-order valence-electron chi connectivity index (χ4n) is 2.07. The van der Waals surface area contributed by atoms with Crippen LogP contribution in [-0.2, 0) is 0 Å². The van der Waals surface area contributed by atoms with Crippen LogP contribution in [0.25, 0.3) is 0 Å². The van der Waals surface area contributed by atoms with Crippen LogP contribution in [0, 0.1) is 6.92 Å². The Morgan fingerprint density at radius 3 is 3.06 bits per heavy atom. The number of rotatable bonds is 2. The normalized spacial score (nSPS) is 21.1. The molecule has 1 aliphatic heterocycles. The van der Waals surface area contributed by atoms with Gasteiger partial charge in [0.05, 0.1) is 0 Å². The number of amidine groups is 1. The van der Waals surface area contributed by atoms with Crippen molar-refractivity contribution in [2.24, 2.45) is 10.9 Å². The molecule has 1 aromatic heterocycles. The molecule has 1 aliphatic rings. The molecule has 98 valence electrons. The van der Waals surface area contributed by atoms with Crippen LogP contribution < -0.4 is 10.6 Å². The number of aromatic nitrogens is 1. The standard InChI is InChI=1S/C12H18N4OS/c1-8-5-10(12(13)15-17)6-11(14-8)16-3-4-18-7-9(16)2/h5-6,9,17H,3-4,7H2,1-2H3,(H2,13,15). The lowest BCUT2D eigenvalue weighted by Gasteiger charge is -2.34. The van der Waals surface area contributed by atoms with Gasteiger partial charge in [-0.2, -0.15) is 11.8 Å². The molecule has 1 saturated heterocycles. The maximum absolute atomic E-state index is 8.76. The summed E-state index contributed by atoms with van der Waals surface area (Å²) in [6, 6.07) is 4.16. The van der Waals surface area contributed by atoms with Gasteiger partial charge >= 0.3 is 0 Å². The van der Waals surface area contributed by atoms with Gasteiger partial charge in [0.1, 0.15) is 5.82 Å². The van der Waals surface area contributed by atoms with Gasteiger partial charge in [0, 0.05) is 35.3 Å². The first-order chi connectivity index (χ1) is 8.61. The topological polar surface area (TPSA) is 74.7 Å². The molecule has 1 aromatic rings. The first-order valence-electron chi connectivity index (χ1n) is 5.93. The number of thioether (sulfide) groups is 1. The molecule has 5 nitrogen and oxygen atoms in total. The summed E-state index contributed by atoms with van der Waals surface area (Å²) in [6.45, 7) is 5.10. The van der Waals surface area contributed by atoms with Gasteiger partial charge < -0.3 is 15.8 Å². The predicted molar refractivity (Wildman–Crippen MR) is 75.6 cm³/mol. The summed E-state index contributed by atoms with van der Waals surface area (Å²) >= 11 is 1.96. The molecule has 0 bridgehead atoms. The lowest BCUT2D eigenvalue weighted by atomic mass is 10.2. The minimum Gasteiger partial charge on any atom is -0.409 e. The van der Waals surface area contributed by atoms with E-state index in [9.17, 15) is 0 Å². The number of oxime groups is 1. The van der Waals surface area contributed by atoms with Crippen LogP contribution in [0.5, 0.6) is 0 Å². The number of aryl methyl sites for hydroxylation is 1. The Bertz CT molecular complexity index is 463. The molecule has 0 aromatic carbocycles. The van der Waals surface area contributed by atoms with E-state index < -0.39 is 0 Å². The Morgan fingerprint density at radius 2 is 2.39 bits per heavy atom. The molecule has 0 aliphatic carbocycles.